The second-order valence-corrected chi connectivity index (χ2v) is 4.24. The van der Waals surface area contributed by atoms with Crippen molar-refractivity contribution in [3.05, 3.63) is 0 Å². The number of rotatable bonds is 7. The molecule has 0 aromatic rings. The van der Waals surface area contributed by atoms with E-state index in [4.69, 9.17) is 15.2 Å². The first kappa shape index (κ1) is 12.9. The normalized spacial score (nSPS) is 28.2. The number of nitrogens with one attached hydrogen (secondary N) is 1. The van der Waals surface area contributed by atoms with Gasteiger partial charge in [-0.2, -0.15) is 0 Å². The predicted octanol–water partition coefficient (Wildman–Crippen LogP) is 0.365. The molecule has 0 saturated carbocycles. The first-order valence-electron chi connectivity index (χ1n) is 5.84. The average Bonchev–Trinajstić information content (AvgIpc) is 2.66. The highest BCUT2D eigenvalue weighted by Crippen LogP contribution is 2.22. The molecule has 15 heavy (non-hydrogen) atoms. The largest absolute Gasteiger partial charge is 0.383 e. The van der Waals surface area contributed by atoms with E-state index in [0.717, 1.165) is 26.1 Å². The van der Waals surface area contributed by atoms with Crippen molar-refractivity contribution < 1.29 is 9.47 Å². The molecular weight excluding hydrogens is 192 g/mol. The molecule has 90 valence electrons. The van der Waals surface area contributed by atoms with E-state index in [1.54, 1.807) is 7.11 Å². The Kier molecular flexibility index (Phi) is 6.17. The van der Waals surface area contributed by atoms with Crippen molar-refractivity contribution in [1.29, 1.82) is 0 Å². The maximum Gasteiger partial charge on any atom is 0.0626 e. The van der Waals surface area contributed by atoms with Crippen LogP contribution >= 0.6 is 0 Å². The van der Waals surface area contributed by atoms with Gasteiger partial charge in [-0.05, 0) is 18.8 Å². The Morgan fingerprint density at radius 2 is 2.40 bits per heavy atom. The van der Waals surface area contributed by atoms with E-state index < -0.39 is 0 Å². The molecule has 0 aromatic carbocycles. The summed E-state index contributed by atoms with van der Waals surface area (Å²) in [6.07, 6.45) is 2.72. The number of ether oxygens (including phenoxy) is 2. The summed E-state index contributed by atoms with van der Waals surface area (Å²) in [5.74, 6) is 0.657. The van der Waals surface area contributed by atoms with Crippen molar-refractivity contribution in [2.45, 2.75) is 31.9 Å². The van der Waals surface area contributed by atoms with Crippen LogP contribution in [0.15, 0.2) is 0 Å². The van der Waals surface area contributed by atoms with Crippen LogP contribution in [0.3, 0.4) is 0 Å². The molecule has 0 amide bonds. The van der Waals surface area contributed by atoms with Gasteiger partial charge < -0.3 is 20.5 Å². The highest BCUT2D eigenvalue weighted by Gasteiger charge is 2.25. The van der Waals surface area contributed by atoms with Gasteiger partial charge in [-0.25, -0.2) is 0 Å². The van der Waals surface area contributed by atoms with Crippen LogP contribution in [0.25, 0.3) is 0 Å². The molecule has 1 aliphatic heterocycles. The van der Waals surface area contributed by atoms with Gasteiger partial charge in [0, 0.05) is 32.8 Å². The van der Waals surface area contributed by atoms with Gasteiger partial charge in [0.1, 0.15) is 0 Å². The summed E-state index contributed by atoms with van der Waals surface area (Å²) in [7, 11) is 1.68. The van der Waals surface area contributed by atoms with Gasteiger partial charge in [-0.1, -0.05) is 6.92 Å². The average molecular weight is 216 g/mol. The summed E-state index contributed by atoms with van der Waals surface area (Å²) >= 11 is 0. The fourth-order valence-electron chi connectivity index (χ4n) is 2.10. The lowest BCUT2D eigenvalue weighted by Gasteiger charge is -2.18. The SMILES string of the molecule is CCC1OCCC1CNCC(N)COC. The summed E-state index contributed by atoms with van der Waals surface area (Å²) in [6.45, 7) is 5.54. The zero-order valence-corrected chi connectivity index (χ0v) is 9.87. The summed E-state index contributed by atoms with van der Waals surface area (Å²) in [6, 6.07) is 0.0948. The zero-order valence-electron chi connectivity index (χ0n) is 9.87. The van der Waals surface area contributed by atoms with Gasteiger partial charge in [0.2, 0.25) is 0 Å². The van der Waals surface area contributed by atoms with Gasteiger partial charge in [-0.3, -0.25) is 0 Å². The first-order chi connectivity index (χ1) is 7.27. The molecule has 0 radical (unpaired) electrons. The van der Waals surface area contributed by atoms with Crippen LogP contribution in [-0.4, -0.2) is 45.6 Å². The molecule has 0 spiro atoms. The van der Waals surface area contributed by atoms with Crippen molar-refractivity contribution in [2.75, 3.05) is 33.4 Å². The van der Waals surface area contributed by atoms with Crippen LogP contribution in [0.4, 0.5) is 0 Å². The minimum atomic E-state index is 0.0948. The molecule has 0 aliphatic carbocycles. The molecule has 1 rings (SSSR count). The predicted molar refractivity (Wildman–Crippen MR) is 60.9 cm³/mol. The molecule has 4 nitrogen and oxygen atoms in total. The number of hydrogen-bond acceptors (Lipinski definition) is 4. The summed E-state index contributed by atoms with van der Waals surface area (Å²) in [5, 5.41) is 3.39. The zero-order chi connectivity index (χ0) is 11.1. The second-order valence-electron chi connectivity index (χ2n) is 4.24. The molecule has 3 unspecified atom stereocenters. The van der Waals surface area contributed by atoms with E-state index in [9.17, 15) is 0 Å². The quantitative estimate of drug-likeness (QED) is 0.645. The Morgan fingerprint density at radius 1 is 1.60 bits per heavy atom. The van der Waals surface area contributed by atoms with Crippen LogP contribution in [-0.2, 0) is 9.47 Å². The number of methoxy groups -OCH3 is 1. The lowest BCUT2D eigenvalue weighted by atomic mass is 10.00. The molecule has 1 aliphatic rings. The minimum Gasteiger partial charge on any atom is -0.383 e. The Hall–Kier alpha value is -0.160. The fourth-order valence-corrected chi connectivity index (χ4v) is 2.10. The highest BCUT2D eigenvalue weighted by molar-refractivity contribution is 4.77. The summed E-state index contributed by atoms with van der Waals surface area (Å²) in [5.41, 5.74) is 5.82. The standard InChI is InChI=1S/C11H24N2O2/c1-3-11-9(4-5-15-11)6-13-7-10(12)8-14-2/h9-11,13H,3-8,12H2,1-2H3. The van der Waals surface area contributed by atoms with Gasteiger partial charge in [0.15, 0.2) is 0 Å². The number of hydrogen-bond donors (Lipinski definition) is 2. The van der Waals surface area contributed by atoms with Crippen LogP contribution in [0.2, 0.25) is 0 Å². The van der Waals surface area contributed by atoms with Crippen molar-refractivity contribution >= 4 is 0 Å². The van der Waals surface area contributed by atoms with E-state index in [1.165, 1.54) is 6.42 Å². The van der Waals surface area contributed by atoms with E-state index >= 15 is 0 Å². The van der Waals surface area contributed by atoms with E-state index in [2.05, 4.69) is 12.2 Å². The molecular formula is C11H24N2O2. The van der Waals surface area contributed by atoms with Crippen LogP contribution in [0, 0.1) is 5.92 Å². The van der Waals surface area contributed by atoms with Crippen molar-refractivity contribution in [3.8, 4) is 0 Å². The van der Waals surface area contributed by atoms with Crippen LogP contribution in [0.1, 0.15) is 19.8 Å². The Balaban J connectivity index is 2.08. The van der Waals surface area contributed by atoms with E-state index in [-0.39, 0.29) is 6.04 Å². The summed E-state index contributed by atoms with van der Waals surface area (Å²) < 4.78 is 10.6. The Morgan fingerprint density at radius 3 is 3.07 bits per heavy atom. The molecule has 4 heteroatoms. The Bertz CT molecular complexity index is 167. The lowest BCUT2D eigenvalue weighted by molar-refractivity contribution is 0.0869. The Labute approximate surface area is 92.5 Å². The highest BCUT2D eigenvalue weighted by atomic mass is 16.5. The maximum absolute atomic E-state index is 5.82. The third-order valence-corrected chi connectivity index (χ3v) is 2.94. The second kappa shape index (κ2) is 7.17. The third-order valence-electron chi connectivity index (χ3n) is 2.94. The fraction of sp³-hybridized carbons (Fsp3) is 1.00. The molecule has 0 aromatic heterocycles. The van der Waals surface area contributed by atoms with E-state index in [1.807, 2.05) is 0 Å². The minimum absolute atomic E-state index is 0.0948. The topological polar surface area (TPSA) is 56.5 Å². The van der Waals surface area contributed by atoms with Crippen molar-refractivity contribution in [1.82, 2.24) is 5.32 Å². The summed E-state index contributed by atoms with van der Waals surface area (Å²) in [4.78, 5) is 0. The number of nitrogens with two attached hydrogens (primary N) is 1. The van der Waals surface area contributed by atoms with Gasteiger partial charge in [0.05, 0.1) is 12.7 Å². The smallest absolute Gasteiger partial charge is 0.0626 e. The van der Waals surface area contributed by atoms with Gasteiger partial charge >= 0.3 is 0 Å². The van der Waals surface area contributed by atoms with Crippen molar-refractivity contribution in [3.63, 3.8) is 0 Å². The molecule has 0 bridgehead atoms. The first-order valence-corrected chi connectivity index (χ1v) is 5.84. The van der Waals surface area contributed by atoms with Gasteiger partial charge in [0.25, 0.3) is 0 Å². The van der Waals surface area contributed by atoms with Gasteiger partial charge in [-0.15, -0.1) is 0 Å². The third kappa shape index (κ3) is 4.47. The van der Waals surface area contributed by atoms with Crippen LogP contribution in [0.5, 0.6) is 0 Å². The maximum atomic E-state index is 5.82. The van der Waals surface area contributed by atoms with Crippen LogP contribution < -0.4 is 11.1 Å². The van der Waals surface area contributed by atoms with E-state index in [0.29, 0.717) is 18.6 Å². The molecule has 1 saturated heterocycles. The molecule has 3 N–H and O–H groups in total. The molecule has 1 heterocycles. The van der Waals surface area contributed by atoms with Crippen molar-refractivity contribution in [2.24, 2.45) is 11.7 Å². The lowest BCUT2D eigenvalue weighted by Crippen LogP contribution is -2.40. The molecule has 3 atom stereocenters. The molecule has 1 fully saturated rings. The monoisotopic (exact) mass is 216 g/mol.